The zero-order chi connectivity index (χ0) is 23.5. The lowest BCUT2D eigenvalue weighted by molar-refractivity contribution is 0.411. The van der Waals surface area contributed by atoms with Crippen molar-refractivity contribution in [2.75, 3.05) is 7.11 Å². The molecule has 2 N–H and O–H groups in total. The van der Waals surface area contributed by atoms with Crippen molar-refractivity contribution in [3.63, 3.8) is 0 Å². The molecular formula is C28H31FN2OS. The highest BCUT2D eigenvalue weighted by Gasteiger charge is 2.26. The molecule has 1 fully saturated rings. The first kappa shape index (κ1) is 23.5. The fraction of sp³-hybridized carbons (Fsp3) is 0.393. The first-order chi connectivity index (χ1) is 15.9. The van der Waals surface area contributed by atoms with Gasteiger partial charge in [-0.15, -0.1) is 11.3 Å². The number of alkyl halides is 1. The third kappa shape index (κ3) is 5.46. The number of halogens is 1. The second kappa shape index (κ2) is 10.1. The third-order valence-corrected chi connectivity index (χ3v) is 7.32. The number of nitrogens with two attached hydrogens (primary N) is 1. The first-order valence-electron chi connectivity index (χ1n) is 11.4. The van der Waals surface area contributed by atoms with E-state index < -0.39 is 12.7 Å². The maximum atomic E-state index is 13.2. The SMILES string of the molecule is COc1cc(C)c(-c2nc(C(N)C#C[C@@H](CC3CC3)c3cccc(CF)c3)sc2C)cc1C. The van der Waals surface area contributed by atoms with E-state index in [-0.39, 0.29) is 5.92 Å². The number of thiazole rings is 1. The molecule has 2 atom stereocenters. The highest BCUT2D eigenvalue weighted by molar-refractivity contribution is 7.12. The number of methoxy groups -OCH3 is 1. The van der Waals surface area contributed by atoms with E-state index in [1.54, 1.807) is 18.4 Å². The van der Waals surface area contributed by atoms with Crippen LogP contribution >= 0.6 is 11.3 Å². The first-order valence-corrected chi connectivity index (χ1v) is 12.3. The summed E-state index contributed by atoms with van der Waals surface area (Å²) in [4.78, 5) is 6.01. The van der Waals surface area contributed by atoms with Crippen LogP contribution in [0.1, 0.15) is 63.4 Å². The Morgan fingerprint density at radius 1 is 1.15 bits per heavy atom. The Morgan fingerprint density at radius 2 is 1.94 bits per heavy atom. The number of benzene rings is 2. The van der Waals surface area contributed by atoms with Crippen LogP contribution in [0, 0.1) is 38.5 Å². The topological polar surface area (TPSA) is 48.1 Å². The largest absolute Gasteiger partial charge is 0.496 e. The van der Waals surface area contributed by atoms with Crippen LogP contribution in [-0.2, 0) is 6.67 Å². The van der Waals surface area contributed by atoms with Crippen molar-refractivity contribution in [2.45, 2.75) is 58.7 Å². The molecule has 0 amide bonds. The summed E-state index contributed by atoms with van der Waals surface area (Å²) < 4.78 is 18.6. The molecule has 1 saturated carbocycles. The zero-order valence-corrected chi connectivity index (χ0v) is 20.6. The van der Waals surface area contributed by atoms with E-state index >= 15 is 0 Å². The maximum absolute atomic E-state index is 13.2. The minimum absolute atomic E-state index is 0.0714. The highest BCUT2D eigenvalue weighted by Crippen LogP contribution is 2.39. The molecule has 172 valence electrons. The van der Waals surface area contributed by atoms with Gasteiger partial charge in [-0.25, -0.2) is 9.37 Å². The van der Waals surface area contributed by atoms with Crippen LogP contribution in [0.2, 0.25) is 0 Å². The Bertz CT molecular complexity index is 1200. The third-order valence-electron chi connectivity index (χ3n) is 6.26. The average molecular weight is 463 g/mol. The number of nitrogens with zero attached hydrogens (tertiary/aromatic N) is 1. The van der Waals surface area contributed by atoms with E-state index in [0.29, 0.717) is 11.5 Å². The standard InChI is InChI=1S/C28H31FN2OS/c1-17-13-26(32-4)18(2)12-24(17)27-19(3)33-28(31-27)25(30)11-10-23(14-20-8-9-20)22-7-5-6-21(15-22)16-29/h5-7,12-13,15,20,23,25H,8-9,14,16,30H2,1-4H3/t23-,25?/m0/s1. The second-order valence-corrected chi connectivity index (χ2v) is 10.2. The van der Waals surface area contributed by atoms with Crippen molar-refractivity contribution in [3.8, 4) is 28.8 Å². The lowest BCUT2D eigenvalue weighted by Crippen LogP contribution is -2.08. The zero-order valence-electron chi connectivity index (χ0n) is 19.7. The molecule has 0 saturated heterocycles. The van der Waals surface area contributed by atoms with Crippen LogP contribution in [-0.4, -0.2) is 12.1 Å². The Balaban J connectivity index is 1.60. The van der Waals surface area contributed by atoms with Crippen molar-refractivity contribution in [1.29, 1.82) is 0 Å². The predicted octanol–water partition coefficient (Wildman–Crippen LogP) is 6.80. The Morgan fingerprint density at radius 3 is 2.64 bits per heavy atom. The molecule has 1 aliphatic carbocycles. The summed E-state index contributed by atoms with van der Waals surface area (Å²) in [5.41, 5.74) is 12.5. The summed E-state index contributed by atoms with van der Waals surface area (Å²) in [6.45, 7) is 5.74. The molecule has 1 heterocycles. The van der Waals surface area contributed by atoms with Gasteiger partial charge in [0.15, 0.2) is 0 Å². The molecule has 1 unspecified atom stereocenters. The van der Waals surface area contributed by atoms with Gasteiger partial charge in [0.25, 0.3) is 0 Å². The molecule has 2 aromatic carbocycles. The van der Waals surface area contributed by atoms with Crippen molar-refractivity contribution in [3.05, 3.63) is 68.5 Å². The fourth-order valence-corrected chi connectivity index (χ4v) is 5.06. The van der Waals surface area contributed by atoms with Gasteiger partial charge >= 0.3 is 0 Å². The summed E-state index contributed by atoms with van der Waals surface area (Å²) in [7, 11) is 1.69. The molecule has 1 aliphatic rings. The summed E-state index contributed by atoms with van der Waals surface area (Å²) in [6, 6.07) is 11.5. The second-order valence-electron chi connectivity index (χ2n) is 8.97. The quantitative estimate of drug-likeness (QED) is 0.393. The molecule has 5 heteroatoms. The number of rotatable bonds is 7. The fourth-order valence-electron chi connectivity index (χ4n) is 4.17. The molecule has 0 spiro atoms. The Hall–Kier alpha value is -2.68. The molecule has 0 bridgehead atoms. The number of aromatic nitrogens is 1. The van der Waals surface area contributed by atoms with E-state index in [0.717, 1.165) is 50.0 Å². The van der Waals surface area contributed by atoms with Crippen molar-refractivity contribution < 1.29 is 9.13 Å². The lowest BCUT2D eigenvalue weighted by Gasteiger charge is -2.12. The van der Waals surface area contributed by atoms with E-state index in [1.807, 2.05) is 31.2 Å². The summed E-state index contributed by atoms with van der Waals surface area (Å²) in [5.74, 6) is 8.34. The van der Waals surface area contributed by atoms with Gasteiger partial charge in [-0.3, -0.25) is 0 Å². The van der Waals surface area contributed by atoms with Crippen molar-refractivity contribution >= 4 is 11.3 Å². The van der Waals surface area contributed by atoms with Crippen LogP contribution in [0.5, 0.6) is 5.75 Å². The van der Waals surface area contributed by atoms with Crippen LogP contribution in [0.4, 0.5) is 4.39 Å². The maximum Gasteiger partial charge on any atom is 0.123 e. The molecule has 1 aromatic heterocycles. The van der Waals surface area contributed by atoms with Gasteiger partial charge in [0, 0.05) is 16.4 Å². The van der Waals surface area contributed by atoms with E-state index in [1.165, 1.54) is 12.8 Å². The van der Waals surface area contributed by atoms with Crippen molar-refractivity contribution in [1.82, 2.24) is 4.98 Å². The van der Waals surface area contributed by atoms with Crippen LogP contribution < -0.4 is 10.5 Å². The smallest absolute Gasteiger partial charge is 0.123 e. The van der Waals surface area contributed by atoms with Crippen LogP contribution in [0.25, 0.3) is 11.3 Å². The molecule has 4 rings (SSSR count). The van der Waals surface area contributed by atoms with Gasteiger partial charge in [-0.05, 0) is 67.5 Å². The van der Waals surface area contributed by atoms with E-state index in [4.69, 9.17) is 15.5 Å². The lowest BCUT2D eigenvalue weighted by atomic mass is 9.92. The van der Waals surface area contributed by atoms with Crippen molar-refractivity contribution in [2.24, 2.45) is 11.7 Å². The number of hydrogen-bond donors (Lipinski definition) is 1. The minimum atomic E-state index is -0.456. The highest BCUT2D eigenvalue weighted by atomic mass is 32.1. The normalized spacial score (nSPS) is 15.0. The monoisotopic (exact) mass is 462 g/mol. The van der Waals surface area contributed by atoms with Crippen LogP contribution in [0.15, 0.2) is 36.4 Å². The van der Waals surface area contributed by atoms with E-state index in [2.05, 4.69) is 37.8 Å². The average Bonchev–Trinajstić information content (AvgIpc) is 3.56. The Kier molecular flexibility index (Phi) is 7.17. The molecule has 3 nitrogen and oxygen atoms in total. The van der Waals surface area contributed by atoms with Gasteiger partial charge in [0.2, 0.25) is 0 Å². The molecule has 3 aromatic rings. The van der Waals surface area contributed by atoms with E-state index in [9.17, 15) is 4.39 Å². The van der Waals surface area contributed by atoms with Gasteiger partial charge in [-0.1, -0.05) is 48.9 Å². The van der Waals surface area contributed by atoms with Gasteiger partial charge in [0.05, 0.1) is 12.8 Å². The minimum Gasteiger partial charge on any atom is -0.496 e. The Labute approximate surface area is 200 Å². The number of aryl methyl sites for hydroxylation is 3. The molecule has 33 heavy (non-hydrogen) atoms. The summed E-state index contributed by atoms with van der Waals surface area (Å²) in [5, 5.41) is 0.825. The summed E-state index contributed by atoms with van der Waals surface area (Å²) >= 11 is 1.60. The number of ether oxygens (including phenoxy) is 1. The van der Waals surface area contributed by atoms with Crippen LogP contribution in [0.3, 0.4) is 0 Å². The molecule has 0 radical (unpaired) electrons. The van der Waals surface area contributed by atoms with Gasteiger partial charge in [-0.2, -0.15) is 0 Å². The van der Waals surface area contributed by atoms with Gasteiger partial charge in [0.1, 0.15) is 23.5 Å². The predicted molar refractivity (Wildman–Crippen MR) is 134 cm³/mol. The summed E-state index contributed by atoms with van der Waals surface area (Å²) in [6.07, 6.45) is 3.51. The van der Waals surface area contributed by atoms with Gasteiger partial charge < -0.3 is 10.5 Å². The number of hydrogen-bond acceptors (Lipinski definition) is 4. The molecule has 0 aliphatic heterocycles. The molecular weight excluding hydrogens is 431 g/mol.